The smallest absolute Gasteiger partial charge is 0.413 e. The third-order valence-corrected chi connectivity index (χ3v) is 4.22. The Bertz CT molecular complexity index is 897. The highest BCUT2D eigenvalue weighted by Gasteiger charge is 2.22. The summed E-state index contributed by atoms with van der Waals surface area (Å²) in [7, 11) is 0. The highest BCUT2D eigenvalue weighted by Crippen LogP contribution is 2.38. The van der Waals surface area contributed by atoms with E-state index in [1.165, 1.54) is 11.3 Å². The number of rotatable bonds is 4. The number of nitrogens with one attached hydrogen (secondary N) is 1. The minimum atomic E-state index is -0.588. The molecule has 0 spiro atoms. The van der Waals surface area contributed by atoms with E-state index in [1.807, 2.05) is 37.3 Å². The van der Waals surface area contributed by atoms with Crippen LogP contribution in [0.1, 0.15) is 33.5 Å². The molecule has 0 aliphatic heterocycles. The van der Waals surface area contributed by atoms with Crippen molar-refractivity contribution in [2.75, 3.05) is 5.32 Å². The zero-order valence-corrected chi connectivity index (χ0v) is 15.9. The number of nitrogens with zero attached hydrogens (tertiary/aromatic N) is 3. The molecular weight excluding hydrogens is 352 g/mol. The van der Waals surface area contributed by atoms with E-state index in [0.29, 0.717) is 33.8 Å². The Morgan fingerprint density at radius 3 is 2.58 bits per heavy atom. The van der Waals surface area contributed by atoms with E-state index < -0.39 is 11.7 Å². The van der Waals surface area contributed by atoms with Crippen molar-refractivity contribution in [3.8, 4) is 22.0 Å². The SMILES string of the molecule is CCc1noc(-c2sc(NC(=O)OC(C)(C)C)nc2-c2ccccc2)n1. The Balaban J connectivity index is 1.96. The molecule has 2 aromatic heterocycles. The molecule has 1 N–H and O–H groups in total. The summed E-state index contributed by atoms with van der Waals surface area (Å²) < 4.78 is 10.7. The Morgan fingerprint density at radius 2 is 1.96 bits per heavy atom. The third kappa shape index (κ3) is 4.26. The number of aryl methyl sites for hydroxylation is 1. The first-order valence-electron chi connectivity index (χ1n) is 8.25. The van der Waals surface area contributed by atoms with Gasteiger partial charge in [0, 0.05) is 12.0 Å². The second-order valence-electron chi connectivity index (χ2n) is 6.56. The van der Waals surface area contributed by atoms with Gasteiger partial charge < -0.3 is 9.26 Å². The van der Waals surface area contributed by atoms with Gasteiger partial charge in [-0.3, -0.25) is 5.32 Å². The van der Waals surface area contributed by atoms with Crippen LogP contribution in [0.15, 0.2) is 34.9 Å². The summed E-state index contributed by atoms with van der Waals surface area (Å²) in [5.41, 5.74) is 0.981. The molecule has 0 bridgehead atoms. The quantitative estimate of drug-likeness (QED) is 0.709. The van der Waals surface area contributed by atoms with Crippen molar-refractivity contribution in [2.24, 2.45) is 0 Å². The molecular formula is C18H20N4O3S. The normalized spacial score (nSPS) is 11.4. The average Bonchev–Trinajstić information content (AvgIpc) is 3.20. The van der Waals surface area contributed by atoms with Crippen molar-refractivity contribution in [3.05, 3.63) is 36.2 Å². The summed E-state index contributed by atoms with van der Waals surface area (Å²) in [5, 5.41) is 7.03. The Kier molecular flexibility index (Phi) is 5.03. The van der Waals surface area contributed by atoms with Gasteiger partial charge in [0.1, 0.15) is 10.5 Å². The van der Waals surface area contributed by atoms with E-state index in [2.05, 4.69) is 20.4 Å². The summed E-state index contributed by atoms with van der Waals surface area (Å²) in [5.74, 6) is 1.00. The van der Waals surface area contributed by atoms with E-state index in [1.54, 1.807) is 20.8 Å². The highest BCUT2D eigenvalue weighted by atomic mass is 32.1. The maximum atomic E-state index is 12.1. The fourth-order valence-electron chi connectivity index (χ4n) is 2.19. The number of thiazole rings is 1. The minimum Gasteiger partial charge on any atom is -0.444 e. The van der Waals surface area contributed by atoms with Crippen LogP contribution in [-0.2, 0) is 11.2 Å². The molecule has 7 nitrogen and oxygen atoms in total. The minimum absolute atomic E-state index is 0.385. The molecule has 26 heavy (non-hydrogen) atoms. The lowest BCUT2D eigenvalue weighted by Gasteiger charge is -2.18. The molecule has 0 atom stereocenters. The van der Waals surface area contributed by atoms with Crippen molar-refractivity contribution in [1.82, 2.24) is 15.1 Å². The van der Waals surface area contributed by atoms with Gasteiger partial charge in [0.25, 0.3) is 5.89 Å². The van der Waals surface area contributed by atoms with Gasteiger partial charge in [-0.25, -0.2) is 9.78 Å². The number of ether oxygens (including phenoxy) is 1. The number of benzene rings is 1. The van der Waals surface area contributed by atoms with Crippen LogP contribution in [0.2, 0.25) is 0 Å². The van der Waals surface area contributed by atoms with E-state index in [0.717, 1.165) is 5.56 Å². The van der Waals surface area contributed by atoms with E-state index in [9.17, 15) is 4.79 Å². The van der Waals surface area contributed by atoms with E-state index >= 15 is 0 Å². The topological polar surface area (TPSA) is 90.1 Å². The Morgan fingerprint density at radius 1 is 1.23 bits per heavy atom. The molecule has 0 aliphatic carbocycles. The van der Waals surface area contributed by atoms with Crippen molar-refractivity contribution in [1.29, 1.82) is 0 Å². The highest BCUT2D eigenvalue weighted by molar-refractivity contribution is 7.19. The summed E-state index contributed by atoms with van der Waals surface area (Å²) in [6.07, 6.45) is 0.114. The van der Waals surface area contributed by atoms with Crippen LogP contribution in [0.4, 0.5) is 9.93 Å². The molecule has 0 saturated heterocycles. The first-order valence-corrected chi connectivity index (χ1v) is 9.06. The van der Waals surface area contributed by atoms with Crippen LogP contribution >= 0.6 is 11.3 Å². The van der Waals surface area contributed by atoms with Crippen LogP contribution in [0, 0.1) is 0 Å². The Labute approximate surface area is 155 Å². The van der Waals surface area contributed by atoms with Gasteiger partial charge in [0.15, 0.2) is 11.0 Å². The standard InChI is InChI=1S/C18H20N4O3S/c1-5-12-19-15(25-22-12)14-13(11-9-7-6-8-10-11)20-16(26-14)21-17(23)24-18(2,3)4/h6-10H,5H2,1-4H3,(H,20,21,23). The van der Waals surface area contributed by atoms with Crippen LogP contribution in [0.5, 0.6) is 0 Å². The van der Waals surface area contributed by atoms with E-state index in [-0.39, 0.29) is 0 Å². The predicted molar refractivity (Wildman–Crippen MR) is 100 cm³/mol. The number of amides is 1. The molecule has 3 aromatic rings. The van der Waals surface area contributed by atoms with Crippen molar-refractivity contribution < 1.29 is 14.1 Å². The molecule has 136 valence electrons. The fourth-order valence-corrected chi connectivity index (χ4v) is 3.09. The van der Waals surface area contributed by atoms with Crippen molar-refractivity contribution >= 4 is 22.6 Å². The van der Waals surface area contributed by atoms with Gasteiger partial charge in [-0.2, -0.15) is 4.98 Å². The number of aromatic nitrogens is 3. The molecule has 0 aliphatic rings. The molecule has 0 saturated carbocycles. The second-order valence-corrected chi connectivity index (χ2v) is 7.56. The first-order chi connectivity index (χ1) is 12.4. The van der Waals surface area contributed by atoms with E-state index in [4.69, 9.17) is 9.26 Å². The van der Waals surface area contributed by atoms with Gasteiger partial charge >= 0.3 is 6.09 Å². The van der Waals surface area contributed by atoms with Gasteiger partial charge in [0.2, 0.25) is 0 Å². The summed E-state index contributed by atoms with van der Waals surface area (Å²) in [6, 6.07) is 9.65. The lowest BCUT2D eigenvalue weighted by molar-refractivity contribution is 0.0636. The molecule has 0 unspecified atom stereocenters. The zero-order valence-electron chi connectivity index (χ0n) is 15.1. The lowest BCUT2D eigenvalue weighted by atomic mass is 10.1. The third-order valence-electron chi connectivity index (χ3n) is 3.26. The molecule has 2 heterocycles. The number of anilines is 1. The molecule has 3 rings (SSSR count). The number of hydrogen-bond acceptors (Lipinski definition) is 7. The van der Waals surface area contributed by atoms with Gasteiger partial charge in [-0.15, -0.1) is 0 Å². The van der Waals surface area contributed by atoms with Crippen LogP contribution < -0.4 is 5.32 Å². The van der Waals surface area contributed by atoms with Gasteiger partial charge in [-0.05, 0) is 20.8 Å². The molecule has 0 fully saturated rings. The second kappa shape index (κ2) is 7.25. The maximum Gasteiger partial charge on any atom is 0.413 e. The fraction of sp³-hybridized carbons (Fsp3) is 0.333. The lowest BCUT2D eigenvalue weighted by Crippen LogP contribution is -2.27. The van der Waals surface area contributed by atoms with Crippen LogP contribution in [-0.4, -0.2) is 26.8 Å². The number of carbonyl (C=O) groups excluding carboxylic acids is 1. The van der Waals surface area contributed by atoms with Gasteiger partial charge in [0.05, 0.1) is 5.69 Å². The summed E-state index contributed by atoms with van der Waals surface area (Å²) >= 11 is 1.27. The number of carbonyl (C=O) groups is 1. The molecule has 1 aromatic carbocycles. The summed E-state index contributed by atoms with van der Waals surface area (Å²) in [4.78, 5) is 21.7. The first kappa shape index (κ1) is 18.1. The monoisotopic (exact) mass is 372 g/mol. The van der Waals surface area contributed by atoms with Crippen LogP contribution in [0.25, 0.3) is 22.0 Å². The predicted octanol–water partition coefficient (Wildman–Crippen LogP) is 4.77. The van der Waals surface area contributed by atoms with Gasteiger partial charge in [-0.1, -0.05) is 53.7 Å². The van der Waals surface area contributed by atoms with Crippen molar-refractivity contribution in [3.63, 3.8) is 0 Å². The molecule has 1 amide bonds. The maximum absolute atomic E-state index is 12.1. The Hall–Kier alpha value is -2.74. The largest absolute Gasteiger partial charge is 0.444 e. The molecule has 8 heteroatoms. The number of hydrogen-bond donors (Lipinski definition) is 1. The summed E-state index contributed by atoms with van der Waals surface area (Å²) in [6.45, 7) is 7.37. The van der Waals surface area contributed by atoms with Crippen molar-refractivity contribution in [2.45, 2.75) is 39.7 Å². The molecule has 0 radical (unpaired) electrons. The average molecular weight is 372 g/mol. The van der Waals surface area contributed by atoms with Crippen LogP contribution in [0.3, 0.4) is 0 Å². The zero-order chi connectivity index (χ0) is 18.7.